The first-order valence-corrected chi connectivity index (χ1v) is 7.70. The molecule has 1 aliphatic heterocycles. The second-order valence-electron chi connectivity index (χ2n) is 6.73. The van der Waals surface area contributed by atoms with Crippen LogP contribution in [-0.2, 0) is 14.0 Å². The summed E-state index contributed by atoms with van der Waals surface area (Å²) < 4.78 is 22.9. The van der Waals surface area contributed by atoms with Crippen molar-refractivity contribution in [3.05, 3.63) is 30.5 Å². The van der Waals surface area contributed by atoms with Crippen molar-refractivity contribution in [3.63, 3.8) is 0 Å². The van der Waals surface area contributed by atoms with Gasteiger partial charge in [0.2, 0.25) is 0 Å². The lowest BCUT2D eigenvalue weighted by atomic mass is 9.78. The van der Waals surface area contributed by atoms with E-state index in [1.165, 1.54) is 0 Å². The monoisotopic (exact) mass is 315 g/mol. The molecule has 1 aromatic carbocycles. The van der Waals surface area contributed by atoms with Gasteiger partial charge < -0.3 is 18.8 Å². The molecule has 0 bridgehead atoms. The van der Waals surface area contributed by atoms with Crippen LogP contribution in [0.4, 0.5) is 0 Å². The van der Waals surface area contributed by atoms with Crippen molar-refractivity contribution < 1.29 is 18.8 Å². The van der Waals surface area contributed by atoms with E-state index in [-0.39, 0.29) is 18.0 Å². The Bertz CT molecular complexity index is 701. The minimum absolute atomic E-state index is 0.165. The fraction of sp³-hybridized carbons (Fsp3) is 0.471. The van der Waals surface area contributed by atoms with Crippen LogP contribution in [0.15, 0.2) is 30.5 Å². The van der Waals surface area contributed by atoms with Gasteiger partial charge in [-0.2, -0.15) is 0 Å². The molecular formula is C17H22BNO4. The number of pyridine rings is 1. The third-order valence-corrected chi connectivity index (χ3v) is 4.55. The molecule has 0 atom stereocenters. The maximum atomic E-state index is 6.13. The maximum absolute atomic E-state index is 6.13. The van der Waals surface area contributed by atoms with E-state index in [2.05, 4.69) is 4.98 Å². The van der Waals surface area contributed by atoms with Gasteiger partial charge >= 0.3 is 7.12 Å². The molecular weight excluding hydrogens is 293 g/mol. The first kappa shape index (κ1) is 16.2. The average Bonchev–Trinajstić information content (AvgIpc) is 2.73. The molecule has 122 valence electrons. The molecule has 23 heavy (non-hydrogen) atoms. The molecule has 0 N–H and O–H groups in total. The third kappa shape index (κ3) is 2.94. The van der Waals surface area contributed by atoms with Crippen molar-refractivity contribution >= 4 is 23.5 Å². The molecule has 0 radical (unpaired) electrons. The van der Waals surface area contributed by atoms with Crippen molar-refractivity contribution in [3.8, 4) is 5.75 Å². The van der Waals surface area contributed by atoms with Gasteiger partial charge in [-0.15, -0.1) is 0 Å². The number of hydrogen-bond donors (Lipinski definition) is 0. The zero-order valence-electron chi connectivity index (χ0n) is 14.3. The van der Waals surface area contributed by atoms with Crippen LogP contribution >= 0.6 is 0 Å². The molecule has 1 fully saturated rings. The van der Waals surface area contributed by atoms with Gasteiger partial charge in [0.1, 0.15) is 11.3 Å². The van der Waals surface area contributed by atoms with Gasteiger partial charge in [-0.25, -0.2) is 0 Å². The zero-order valence-corrected chi connectivity index (χ0v) is 14.3. The van der Waals surface area contributed by atoms with Crippen molar-refractivity contribution in [2.45, 2.75) is 38.9 Å². The largest absolute Gasteiger partial charge is 0.494 e. The fourth-order valence-electron chi connectivity index (χ4n) is 2.53. The molecule has 0 unspecified atom stereocenters. The molecule has 1 saturated heterocycles. The normalized spacial score (nSPS) is 19.3. The highest BCUT2D eigenvalue weighted by atomic mass is 16.7. The highest BCUT2D eigenvalue weighted by Gasteiger charge is 2.51. The lowest BCUT2D eigenvalue weighted by Gasteiger charge is -2.32. The van der Waals surface area contributed by atoms with Gasteiger partial charge in [-0.05, 0) is 45.3 Å². The Kier molecular flexibility index (Phi) is 4.08. The summed E-state index contributed by atoms with van der Waals surface area (Å²) in [5.41, 5.74) is 0.949. The van der Waals surface area contributed by atoms with Gasteiger partial charge in [0.05, 0.1) is 11.2 Å². The minimum atomic E-state index is -0.436. The number of methoxy groups -OCH3 is 1. The maximum Gasteiger partial charge on any atom is 0.494 e. The summed E-state index contributed by atoms with van der Waals surface area (Å²) in [5.74, 6) is 0.662. The van der Waals surface area contributed by atoms with E-state index in [9.17, 15) is 0 Å². The van der Waals surface area contributed by atoms with Crippen LogP contribution in [0, 0.1) is 0 Å². The SMILES string of the molecule is COCOc1cc(B2OC(C)(C)C(C)(C)O2)cc2cccnc12. The first-order chi connectivity index (χ1) is 10.8. The lowest BCUT2D eigenvalue weighted by molar-refractivity contribution is 0.00578. The number of aromatic nitrogens is 1. The molecule has 6 heteroatoms. The van der Waals surface area contributed by atoms with Crippen LogP contribution in [0.3, 0.4) is 0 Å². The molecule has 2 aromatic rings. The van der Waals surface area contributed by atoms with Gasteiger partial charge in [0.15, 0.2) is 6.79 Å². The first-order valence-electron chi connectivity index (χ1n) is 7.70. The number of fused-ring (bicyclic) bond motifs is 1. The summed E-state index contributed by atoms with van der Waals surface area (Å²) in [7, 11) is 1.16. The van der Waals surface area contributed by atoms with E-state index >= 15 is 0 Å². The van der Waals surface area contributed by atoms with Gasteiger partial charge in [-0.3, -0.25) is 4.98 Å². The summed E-state index contributed by atoms with van der Waals surface area (Å²) in [6.45, 7) is 8.32. The Balaban J connectivity index is 2.02. The van der Waals surface area contributed by atoms with Crippen molar-refractivity contribution in [1.82, 2.24) is 4.98 Å². The van der Waals surface area contributed by atoms with Gasteiger partial charge in [0.25, 0.3) is 0 Å². The van der Waals surface area contributed by atoms with E-state index in [1.54, 1.807) is 13.3 Å². The summed E-state index contributed by atoms with van der Waals surface area (Å²) in [6, 6.07) is 7.84. The lowest BCUT2D eigenvalue weighted by Crippen LogP contribution is -2.41. The van der Waals surface area contributed by atoms with E-state index < -0.39 is 7.12 Å². The van der Waals surface area contributed by atoms with Crippen LogP contribution in [-0.4, -0.2) is 37.2 Å². The minimum Gasteiger partial charge on any atom is -0.465 e. The summed E-state index contributed by atoms with van der Waals surface area (Å²) in [4.78, 5) is 4.40. The van der Waals surface area contributed by atoms with Crippen LogP contribution in [0.2, 0.25) is 0 Å². The molecule has 1 aliphatic rings. The summed E-state index contributed by atoms with van der Waals surface area (Å²) >= 11 is 0. The quantitative estimate of drug-likeness (QED) is 0.641. The smallest absolute Gasteiger partial charge is 0.465 e. The molecule has 0 aliphatic carbocycles. The van der Waals surface area contributed by atoms with E-state index in [4.69, 9.17) is 18.8 Å². The number of rotatable bonds is 4. The van der Waals surface area contributed by atoms with Crippen molar-refractivity contribution in [2.75, 3.05) is 13.9 Å². The Morgan fingerprint density at radius 2 is 1.83 bits per heavy atom. The molecule has 2 heterocycles. The highest BCUT2D eigenvalue weighted by molar-refractivity contribution is 6.62. The number of benzene rings is 1. The number of nitrogens with zero attached hydrogens (tertiary/aromatic N) is 1. The standard InChI is InChI=1S/C17H22BNO4/c1-16(2)17(3,4)23-18(22-16)13-9-12-7-6-8-19-15(12)14(10-13)21-11-20-5/h6-10H,11H2,1-5H3. The Labute approximate surface area is 137 Å². The summed E-state index contributed by atoms with van der Waals surface area (Å²) in [6.07, 6.45) is 1.75. The second kappa shape index (κ2) is 5.78. The van der Waals surface area contributed by atoms with E-state index in [0.29, 0.717) is 5.75 Å². The molecule has 0 saturated carbocycles. The van der Waals surface area contributed by atoms with Crippen LogP contribution in [0.5, 0.6) is 5.75 Å². The third-order valence-electron chi connectivity index (χ3n) is 4.55. The van der Waals surface area contributed by atoms with E-state index in [1.807, 2.05) is 52.0 Å². The highest BCUT2D eigenvalue weighted by Crippen LogP contribution is 2.37. The fourth-order valence-corrected chi connectivity index (χ4v) is 2.53. The van der Waals surface area contributed by atoms with Crippen LogP contribution in [0.1, 0.15) is 27.7 Å². The van der Waals surface area contributed by atoms with Gasteiger partial charge in [0, 0.05) is 18.7 Å². The Morgan fingerprint density at radius 3 is 2.48 bits per heavy atom. The van der Waals surface area contributed by atoms with Crippen molar-refractivity contribution in [1.29, 1.82) is 0 Å². The van der Waals surface area contributed by atoms with Crippen LogP contribution < -0.4 is 10.2 Å². The van der Waals surface area contributed by atoms with Gasteiger partial charge in [-0.1, -0.05) is 12.1 Å². The average molecular weight is 315 g/mol. The predicted molar refractivity (Wildman–Crippen MR) is 90.0 cm³/mol. The zero-order chi connectivity index (χ0) is 16.7. The number of hydrogen-bond acceptors (Lipinski definition) is 5. The van der Waals surface area contributed by atoms with Crippen LogP contribution in [0.25, 0.3) is 10.9 Å². The second-order valence-corrected chi connectivity index (χ2v) is 6.73. The Hall–Kier alpha value is -1.63. The molecule has 0 spiro atoms. The molecule has 0 amide bonds. The molecule has 3 rings (SSSR count). The Morgan fingerprint density at radius 1 is 1.13 bits per heavy atom. The molecule has 1 aromatic heterocycles. The van der Waals surface area contributed by atoms with Crippen molar-refractivity contribution in [2.24, 2.45) is 0 Å². The molecule has 5 nitrogen and oxygen atoms in total. The number of ether oxygens (including phenoxy) is 2. The van der Waals surface area contributed by atoms with E-state index in [0.717, 1.165) is 16.4 Å². The topological polar surface area (TPSA) is 49.8 Å². The predicted octanol–water partition coefficient (Wildman–Crippen LogP) is 2.52. The summed E-state index contributed by atoms with van der Waals surface area (Å²) in [5, 5.41) is 0.978.